The number of aryl methyl sites for hydroxylation is 3. The van der Waals surface area contributed by atoms with Gasteiger partial charge in [-0.1, -0.05) is 12.1 Å². The molecular formula is C20H21N5O2S. The van der Waals surface area contributed by atoms with Gasteiger partial charge in [-0.05, 0) is 31.1 Å². The van der Waals surface area contributed by atoms with Gasteiger partial charge in [-0.25, -0.2) is 9.67 Å². The van der Waals surface area contributed by atoms with Crippen LogP contribution in [0.25, 0.3) is 5.57 Å². The first-order valence-electron chi connectivity index (χ1n) is 9.00. The van der Waals surface area contributed by atoms with Crippen molar-refractivity contribution in [2.75, 3.05) is 11.9 Å². The van der Waals surface area contributed by atoms with Crippen molar-refractivity contribution in [3.8, 4) is 5.88 Å². The molecule has 3 heterocycles. The van der Waals surface area contributed by atoms with E-state index in [1.54, 1.807) is 24.5 Å². The third-order valence-electron chi connectivity index (χ3n) is 4.43. The van der Waals surface area contributed by atoms with Gasteiger partial charge in [-0.3, -0.25) is 9.78 Å². The molecule has 0 saturated heterocycles. The second-order valence-corrected chi connectivity index (χ2v) is 7.76. The van der Waals surface area contributed by atoms with E-state index in [1.807, 2.05) is 31.5 Å². The second kappa shape index (κ2) is 7.55. The Morgan fingerprint density at radius 3 is 2.89 bits per heavy atom. The lowest BCUT2D eigenvalue weighted by Crippen LogP contribution is -2.24. The van der Waals surface area contributed by atoms with Gasteiger partial charge in [0.15, 0.2) is 0 Å². The first-order valence-corrected chi connectivity index (χ1v) is 9.88. The Morgan fingerprint density at radius 2 is 2.18 bits per heavy atom. The van der Waals surface area contributed by atoms with Crippen LogP contribution in [0.5, 0.6) is 5.88 Å². The lowest BCUT2D eigenvalue weighted by Gasteiger charge is -2.10. The summed E-state index contributed by atoms with van der Waals surface area (Å²) in [6, 6.07) is 5.72. The van der Waals surface area contributed by atoms with Gasteiger partial charge in [-0.2, -0.15) is 0 Å². The summed E-state index contributed by atoms with van der Waals surface area (Å²) in [5, 5.41) is 10.2. The van der Waals surface area contributed by atoms with Crippen LogP contribution in [0, 0.1) is 19.8 Å². The summed E-state index contributed by atoms with van der Waals surface area (Å²) in [6.45, 7) is 4.93. The molecule has 144 valence electrons. The van der Waals surface area contributed by atoms with Crippen LogP contribution < -0.4 is 15.6 Å². The third-order valence-corrected chi connectivity index (χ3v) is 5.39. The second-order valence-electron chi connectivity index (χ2n) is 6.82. The van der Waals surface area contributed by atoms with Crippen LogP contribution in [-0.2, 0) is 13.6 Å². The molecule has 3 aromatic heterocycles. The number of thiazole rings is 1. The molecule has 0 unspecified atom stereocenters. The van der Waals surface area contributed by atoms with Gasteiger partial charge >= 0.3 is 0 Å². The molecule has 0 amide bonds. The highest BCUT2D eigenvalue weighted by atomic mass is 32.1. The molecule has 1 aliphatic rings. The van der Waals surface area contributed by atoms with E-state index in [0.717, 1.165) is 22.0 Å². The zero-order chi connectivity index (χ0) is 19.7. The van der Waals surface area contributed by atoms with E-state index in [0.29, 0.717) is 24.7 Å². The Balaban J connectivity index is 1.38. The van der Waals surface area contributed by atoms with E-state index >= 15 is 0 Å². The first kappa shape index (κ1) is 18.4. The van der Waals surface area contributed by atoms with E-state index in [4.69, 9.17) is 4.74 Å². The van der Waals surface area contributed by atoms with Crippen molar-refractivity contribution in [3.63, 3.8) is 0 Å². The zero-order valence-electron chi connectivity index (χ0n) is 16.0. The van der Waals surface area contributed by atoms with E-state index < -0.39 is 0 Å². The third kappa shape index (κ3) is 4.12. The molecule has 1 atom stereocenters. The number of anilines is 1. The first-order chi connectivity index (χ1) is 13.5. The van der Waals surface area contributed by atoms with Crippen molar-refractivity contribution >= 4 is 22.6 Å². The highest BCUT2D eigenvalue weighted by Crippen LogP contribution is 2.37. The van der Waals surface area contributed by atoms with Gasteiger partial charge < -0.3 is 10.1 Å². The maximum Gasteiger partial charge on any atom is 0.290 e. The molecule has 8 heteroatoms. The lowest BCUT2D eigenvalue weighted by atomic mass is 10.2. The number of aromatic nitrogens is 4. The van der Waals surface area contributed by atoms with Crippen LogP contribution in [0.4, 0.5) is 5.69 Å². The van der Waals surface area contributed by atoms with Crippen LogP contribution in [0.1, 0.15) is 22.0 Å². The number of ether oxygens (including phenoxy) is 1. The van der Waals surface area contributed by atoms with E-state index in [1.165, 1.54) is 10.3 Å². The number of rotatable bonds is 7. The summed E-state index contributed by atoms with van der Waals surface area (Å²) >= 11 is 1.56. The van der Waals surface area contributed by atoms with Crippen molar-refractivity contribution in [1.29, 1.82) is 0 Å². The molecule has 0 bridgehead atoms. The summed E-state index contributed by atoms with van der Waals surface area (Å²) < 4.78 is 7.12. The SMILES string of the molecule is Cc1ccc(C2=C[C@@H]2COc2cc(NCc3nc(C)cs3)c(=O)n(C)n2)nc1. The zero-order valence-corrected chi connectivity index (χ0v) is 16.8. The van der Waals surface area contributed by atoms with Crippen LogP contribution in [-0.4, -0.2) is 26.4 Å². The summed E-state index contributed by atoms with van der Waals surface area (Å²) in [4.78, 5) is 21.1. The maximum absolute atomic E-state index is 12.3. The quantitative estimate of drug-likeness (QED) is 0.662. The molecule has 4 rings (SSSR count). The van der Waals surface area contributed by atoms with Crippen molar-refractivity contribution < 1.29 is 4.74 Å². The van der Waals surface area contributed by atoms with Gasteiger partial charge in [0.1, 0.15) is 17.3 Å². The molecule has 1 aliphatic carbocycles. The largest absolute Gasteiger partial charge is 0.476 e. The van der Waals surface area contributed by atoms with Gasteiger partial charge in [0.25, 0.3) is 5.56 Å². The van der Waals surface area contributed by atoms with Crippen molar-refractivity contribution in [2.45, 2.75) is 20.4 Å². The van der Waals surface area contributed by atoms with Crippen LogP contribution in [0.15, 0.2) is 40.6 Å². The number of nitrogens with zero attached hydrogens (tertiary/aromatic N) is 4. The Morgan fingerprint density at radius 1 is 1.32 bits per heavy atom. The summed E-state index contributed by atoms with van der Waals surface area (Å²) in [5.41, 5.74) is 4.53. The molecular weight excluding hydrogens is 374 g/mol. The molecule has 0 aromatic carbocycles. The van der Waals surface area contributed by atoms with Crippen LogP contribution >= 0.6 is 11.3 Å². The van der Waals surface area contributed by atoms with Crippen LogP contribution in [0.2, 0.25) is 0 Å². The fraction of sp³-hybridized carbons (Fsp3) is 0.300. The van der Waals surface area contributed by atoms with Crippen molar-refractivity contribution in [1.82, 2.24) is 19.7 Å². The summed E-state index contributed by atoms with van der Waals surface area (Å²) in [6.07, 6.45) is 3.99. The molecule has 3 aromatic rings. The summed E-state index contributed by atoms with van der Waals surface area (Å²) in [7, 11) is 1.62. The Labute approximate surface area is 166 Å². The average molecular weight is 395 g/mol. The van der Waals surface area contributed by atoms with Crippen LogP contribution in [0.3, 0.4) is 0 Å². The molecule has 1 N–H and O–H groups in total. The monoisotopic (exact) mass is 395 g/mol. The average Bonchev–Trinajstić information content (AvgIpc) is 3.34. The van der Waals surface area contributed by atoms with Crippen molar-refractivity contribution in [2.24, 2.45) is 13.0 Å². The number of hydrogen-bond donors (Lipinski definition) is 1. The van der Waals surface area contributed by atoms with Gasteiger partial charge in [0.05, 0.1) is 12.2 Å². The number of hydrogen-bond acceptors (Lipinski definition) is 7. The topological polar surface area (TPSA) is 81.9 Å². The molecule has 0 radical (unpaired) electrons. The number of nitrogens with one attached hydrogen (secondary N) is 1. The van der Waals surface area contributed by atoms with Gasteiger partial charge in [0, 0.05) is 36.3 Å². The van der Waals surface area contributed by atoms with Gasteiger partial charge in [-0.15, -0.1) is 16.4 Å². The molecule has 7 nitrogen and oxygen atoms in total. The maximum atomic E-state index is 12.3. The minimum absolute atomic E-state index is 0.199. The predicted octanol–water partition coefficient (Wildman–Crippen LogP) is 2.95. The number of pyridine rings is 1. The Hall–Kier alpha value is -3.00. The van der Waals surface area contributed by atoms with Crippen molar-refractivity contribution in [3.05, 3.63) is 68.2 Å². The fourth-order valence-corrected chi connectivity index (χ4v) is 3.54. The normalized spacial score (nSPS) is 15.2. The Kier molecular flexibility index (Phi) is 4.95. The molecule has 28 heavy (non-hydrogen) atoms. The molecule has 0 saturated carbocycles. The fourth-order valence-electron chi connectivity index (χ4n) is 2.83. The smallest absolute Gasteiger partial charge is 0.290 e. The van der Waals surface area contributed by atoms with E-state index in [-0.39, 0.29) is 11.5 Å². The highest BCUT2D eigenvalue weighted by molar-refractivity contribution is 7.09. The standard InChI is InChI=1S/C20H21N5O2S/c1-12-4-5-16(21-8-12)15-6-14(15)10-27-18-7-17(20(26)25(3)24-18)22-9-19-23-13(2)11-28-19/h4-8,11,14,22H,9-10H2,1-3H3/t14-/m1/s1. The van der Waals surface area contributed by atoms with E-state index in [2.05, 4.69) is 32.5 Å². The lowest BCUT2D eigenvalue weighted by molar-refractivity contribution is 0.290. The predicted molar refractivity (Wildman–Crippen MR) is 110 cm³/mol. The highest BCUT2D eigenvalue weighted by Gasteiger charge is 2.28. The molecule has 0 aliphatic heterocycles. The van der Waals surface area contributed by atoms with Gasteiger partial charge in [0.2, 0.25) is 5.88 Å². The Bertz CT molecular complexity index is 1080. The minimum atomic E-state index is -0.199. The molecule has 0 spiro atoms. The minimum Gasteiger partial charge on any atom is -0.476 e. The van der Waals surface area contributed by atoms with E-state index in [9.17, 15) is 4.79 Å². The molecule has 0 fully saturated rings. The summed E-state index contributed by atoms with van der Waals surface area (Å²) in [5.74, 6) is 0.639.